The van der Waals surface area contributed by atoms with Gasteiger partial charge in [-0.3, -0.25) is 4.79 Å². The molecule has 0 aliphatic rings. The van der Waals surface area contributed by atoms with E-state index in [9.17, 15) is 13.6 Å². The van der Waals surface area contributed by atoms with Crippen molar-refractivity contribution < 1.29 is 13.6 Å². The van der Waals surface area contributed by atoms with Crippen molar-refractivity contribution in [1.29, 1.82) is 0 Å². The first-order valence-corrected chi connectivity index (χ1v) is 6.60. The summed E-state index contributed by atoms with van der Waals surface area (Å²) in [5.74, 6) is -1.36. The van der Waals surface area contributed by atoms with Crippen molar-refractivity contribution in [1.82, 2.24) is 4.90 Å². The van der Waals surface area contributed by atoms with Crippen LogP contribution in [0.15, 0.2) is 42.5 Å². The number of rotatable bonds is 4. The zero-order valence-electron chi connectivity index (χ0n) is 11.6. The molecule has 0 heterocycles. The van der Waals surface area contributed by atoms with Crippen molar-refractivity contribution in [2.24, 2.45) is 0 Å². The van der Waals surface area contributed by atoms with E-state index in [0.717, 1.165) is 0 Å². The predicted octanol–water partition coefficient (Wildman–Crippen LogP) is 3.21. The second-order valence-electron chi connectivity index (χ2n) is 4.65. The lowest BCUT2D eigenvalue weighted by atomic mass is 10.1. The van der Waals surface area contributed by atoms with Gasteiger partial charge in [0.1, 0.15) is 11.6 Å². The molecule has 110 valence electrons. The second-order valence-corrected chi connectivity index (χ2v) is 4.65. The van der Waals surface area contributed by atoms with Crippen LogP contribution >= 0.6 is 0 Å². The van der Waals surface area contributed by atoms with Crippen molar-refractivity contribution in [2.45, 2.75) is 13.5 Å². The third kappa shape index (κ3) is 3.37. The highest BCUT2D eigenvalue weighted by atomic mass is 19.1. The summed E-state index contributed by atoms with van der Waals surface area (Å²) in [7, 11) is 0. The van der Waals surface area contributed by atoms with Crippen LogP contribution in [0.1, 0.15) is 22.8 Å². The van der Waals surface area contributed by atoms with Crippen LogP contribution in [0.2, 0.25) is 0 Å². The summed E-state index contributed by atoms with van der Waals surface area (Å²) < 4.78 is 26.6. The molecular weight excluding hydrogens is 274 g/mol. The second kappa shape index (κ2) is 6.35. The highest BCUT2D eigenvalue weighted by molar-refractivity contribution is 5.99. The first-order chi connectivity index (χ1) is 10.0. The molecule has 1 amide bonds. The molecule has 0 saturated carbocycles. The Morgan fingerprint density at radius 3 is 2.57 bits per heavy atom. The van der Waals surface area contributed by atoms with Gasteiger partial charge in [-0.2, -0.15) is 0 Å². The number of nitrogens with zero attached hydrogens (tertiary/aromatic N) is 1. The standard InChI is InChI=1S/C16H16F2N2O/c1-2-20(10-11-5-3-6-12(17)9-11)16(21)13-7-4-8-14(18)15(13)19/h3-9H,2,10,19H2,1H3. The third-order valence-corrected chi connectivity index (χ3v) is 3.21. The van der Waals surface area contributed by atoms with Gasteiger partial charge in [-0.15, -0.1) is 0 Å². The number of anilines is 1. The van der Waals surface area contributed by atoms with Gasteiger partial charge in [0, 0.05) is 13.1 Å². The van der Waals surface area contributed by atoms with Crippen LogP contribution in [0.3, 0.4) is 0 Å². The topological polar surface area (TPSA) is 46.3 Å². The van der Waals surface area contributed by atoms with E-state index < -0.39 is 5.82 Å². The van der Waals surface area contributed by atoms with E-state index in [4.69, 9.17) is 5.73 Å². The SMILES string of the molecule is CCN(Cc1cccc(F)c1)C(=O)c1cccc(F)c1N. The molecule has 2 aromatic carbocycles. The number of para-hydroxylation sites is 1. The largest absolute Gasteiger partial charge is 0.396 e. The molecular formula is C16H16F2N2O. The highest BCUT2D eigenvalue weighted by Gasteiger charge is 2.18. The normalized spacial score (nSPS) is 10.4. The van der Waals surface area contributed by atoms with Crippen molar-refractivity contribution in [2.75, 3.05) is 12.3 Å². The van der Waals surface area contributed by atoms with E-state index in [-0.39, 0.29) is 29.5 Å². The maximum atomic E-state index is 13.4. The van der Waals surface area contributed by atoms with Crippen LogP contribution in [0, 0.1) is 11.6 Å². The molecule has 0 aliphatic heterocycles. The predicted molar refractivity (Wildman–Crippen MR) is 77.6 cm³/mol. The Morgan fingerprint density at radius 1 is 1.19 bits per heavy atom. The minimum atomic E-state index is -0.623. The molecule has 5 heteroatoms. The van der Waals surface area contributed by atoms with Gasteiger partial charge in [-0.1, -0.05) is 18.2 Å². The Hall–Kier alpha value is -2.43. The Balaban J connectivity index is 2.25. The molecule has 0 radical (unpaired) electrons. The van der Waals surface area contributed by atoms with Gasteiger partial charge in [0.2, 0.25) is 0 Å². The van der Waals surface area contributed by atoms with Crippen molar-refractivity contribution in [3.05, 3.63) is 65.2 Å². The number of hydrogen-bond donors (Lipinski definition) is 1. The van der Waals surface area contributed by atoms with Crippen molar-refractivity contribution >= 4 is 11.6 Å². The van der Waals surface area contributed by atoms with E-state index in [0.29, 0.717) is 12.1 Å². The Bertz CT molecular complexity index is 658. The van der Waals surface area contributed by atoms with E-state index in [1.165, 1.54) is 35.2 Å². The fraction of sp³-hybridized carbons (Fsp3) is 0.188. The number of halogens is 2. The molecule has 0 unspecified atom stereocenters. The molecule has 0 aromatic heterocycles. The van der Waals surface area contributed by atoms with E-state index >= 15 is 0 Å². The molecule has 21 heavy (non-hydrogen) atoms. The minimum absolute atomic E-state index is 0.119. The summed E-state index contributed by atoms with van der Waals surface area (Å²) in [5, 5.41) is 0. The molecule has 2 N–H and O–H groups in total. The molecule has 0 aliphatic carbocycles. The first kappa shape index (κ1) is 15.0. The summed E-state index contributed by atoms with van der Waals surface area (Å²) in [5.41, 5.74) is 6.23. The Labute approximate surface area is 122 Å². The number of hydrogen-bond acceptors (Lipinski definition) is 2. The van der Waals surface area contributed by atoms with Gasteiger partial charge in [0.15, 0.2) is 0 Å². The molecule has 0 bridgehead atoms. The minimum Gasteiger partial charge on any atom is -0.396 e. The summed E-state index contributed by atoms with van der Waals surface area (Å²) in [6.07, 6.45) is 0. The van der Waals surface area contributed by atoms with Crippen LogP contribution in [-0.4, -0.2) is 17.4 Å². The number of benzene rings is 2. The van der Waals surface area contributed by atoms with Crippen LogP contribution in [0.25, 0.3) is 0 Å². The molecule has 0 spiro atoms. The highest BCUT2D eigenvalue weighted by Crippen LogP contribution is 2.19. The van der Waals surface area contributed by atoms with Gasteiger partial charge in [0.05, 0.1) is 11.3 Å². The molecule has 0 saturated heterocycles. The zero-order chi connectivity index (χ0) is 15.4. The van der Waals surface area contributed by atoms with Gasteiger partial charge >= 0.3 is 0 Å². The van der Waals surface area contributed by atoms with Crippen LogP contribution in [-0.2, 0) is 6.54 Å². The average molecular weight is 290 g/mol. The zero-order valence-corrected chi connectivity index (χ0v) is 11.6. The number of carbonyl (C=O) groups is 1. The van der Waals surface area contributed by atoms with Crippen LogP contribution in [0.4, 0.5) is 14.5 Å². The summed E-state index contributed by atoms with van der Waals surface area (Å²) >= 11 is 0. The molecule has 3 nitrogen and oxygen atoms in total. The quantitative estimate of drug-likeness (QED) is 0.879. The fourth-order valence-corrected chi connectivity index (χ4v) is 2.08. The average Bonchev–Trinajstić information content (AvgIpc) is 2.47. The van der Waals surface area contributed by atoms with Gasteiger partial charge < -0.3 is 10.6 Å². The van der Waals surface area contributed by atoms with Crippen LogP contribution < -0.4 is 5.73 Å². The van der Waals surface area contributed by atoms with E-state index in [1.54, 1.807) is 19.1 Å². The summed E-state index contributed by atoms with van der Waals surface area (Å²) in [6, 6.07) is 10.1. The van der Waals surface area contributed by atoms with Crippen LogP contribution in [0.5, 0.6) is 0 Å². The Kier molecular flexibility index (Phi) is 4.52. The lowest BCUT2D eigenvalue weighted by Crippen LogP contribution is -2.31. The lowest BCUT2D eigenvalue weighted by molar-refractivity contribution is 0.0753. The number of amides is 1. The monoisotopic (exact) mass is 290 g/mol. The van der Waals surface area contributed by atoms with Gasteiger partial charge in [-0.25, -0.2) is 8.78 Å². The maximum absolute atomic E-state index is 13.4. The first-order valence-electron chi connectivity index (χ1n) is 6.60. The van der Waals surface area contributed by atoms with Gasteiger partial charge in [-0.05, 0) is 36.8 Å². The fourth-order valence-electron chi connectivity index (χ4n) is 2.08. The smallest absolute Gasteiger partial charge is 0.256 e. The molecule has 2 rings (SSSR count). The Morgan fingerprint density at radius 2 is 1.90 bits per heavy atom. The van der Waals surface area contributed by atoms with E-state index in [1.807, 2.05) is 0 Å². The molecule has 2 aromatic rings. The maximum Gasteiger partial charge on any atom is 0.256 e. The third-order valence-electron chi connectivity index (χ3n) is 3.21. The summed E-state index contributed by atoms with van der Waals surface area (Å²) in [6.45, 7) is 2.45. The number of nitrogen functional groups attached to an aromatic ring is 1. The lowest BCUT2D eigenvalue weighted by Gasteiger charge is -2.22. The van der Waals surface area contributed by atoms with Crippen molar-refractivity contribution in [3.8, 4) is 0 Å². The van der Waals surface area contributed by atoms with E-state index in [2.05, 4.69) is 0 Å². The number of nitrogens with two attached hydrogens (primary N) is 1. The number of carbonyl (C=O) groups excluding carboxylic acids is 1. The van der Waals surface area contributed by atoms with Crippen molar-refractivity contribution in [3.63, 3.8) is 0 Å². The molecule has 0 atom stereocenters. The van der Waals surface area contributed by atoms with Gasteiger partial charge in [0.25, 0.3) is 5.91 Å². The summed E-state index contributed by atoms with van der Waals surface area (Å²) in [4.78, 5) is 13.9. The molecule has 0 fully saturated rings.